The van der Waals surface area contributed by atoms with Crippen LogP contribution in [0.15, 0.2) is 0 Å². The molecule has 0 spiro atoms. The molecule has 0 aromatic heterocycles. The Morgan fingerprint density at radius 3 is 2.92 bits per heavy atom. The Morgan fingerprint density at radius 2 is 2.31 bits per heavy atom. The summed E-state index contributed by atoms with van der Waals surface area (Å²) in [5.74, 6) is 5.49. The predicted molar refractivity (Wildman–Crippen MR) is 51.2 cm³/mol. The Morgan fingerprint density at radius 1 is 1.54 bits per heavy atom. The smallest absolute Gasteiger partial charge is 0.306 e. The lowest BCUT2D eigenvalue weighted by atomic mass is 9.92. The molecule has 1 fully saturated rings. The predicted octanol–water partition coefficient (Wildman–Crippen LogP) is 2.29. The van der Waals surface area contributed by atoms with E-state index in [1.54, 1.807) is 0 Å². The van der Waals surface area contributed by atoms with Crippen LogP contribution in [0.2, 0.25) is 0 Å². The van der Waals surface area contributed by atoms with Crippen LogP contribution < -0.4 is 0 Å². The van der Waals surface area contributed by atoms with Crippen LogP contribution in [0.3, 0.4) is 0 Å². The van der Waals surface area contributed by atoms with Crippen LogP contribution in [0.5, 0.6) is 0 Å². The molecule has 1 aliphatic rings. The second kappa shape index (κ2) is 4.91. The van der Waals surface area contributed by atoms with Crippen molar-refractivity contribution in [2.45, 2.75) is 39.0 Å². The van der Waals surface area contributed by atoms with Crippen molar-refractivity contribution >= 4 is 5.97 Å². The molecule has 0 bridgehead atoms. The van der Waals surface area contributed by atoms with Gasteiger partial charge in [0.25, 0.3) is 0 Å². The van der Waals surface area contributed by atoms with E-state index in [1.807, 2.05) is 6.92 Å². The van der Waals surface area contributed by atoms with Gasteiger partial charge in [0.15, 0.2) is 0 Å². The van der Waals surface area contributed by atoms with Crippen LogP contribution in [-0.2, 0) is 4.79 Å². The molecule has 2 atom stereocenters. The van der Waals surface area contributed by atoms with E-state index in [9.17, 15) is 4.79 Å². The van der Waals surface area contributed by atoms with Crippen molar-refractivity contribution in [3.8, 4) is 11.8 Å². The zero-order valence-corrected chi connectivity index (χ0v) is 8.05. The van der Waals surface area contributed by atoms with Crippen LogP contribution >= 0.6 is 0 Å². The minimum atomic E-state index is -0.619. The molecule has 0 radical (unpaired) electrons. The highest BCUT2D eigenvalue weighted by molar-refractivity contribution is 5.70. The summed E-state index contributed by atoms with van der Waals surface area (Å²) >= 11 is 0. The average molecular weight is 180 g/mol. The first kappa shape index (κ1) is 10.1. The molecule has 0 heterocycles. The third-order valence-corrected chi connectivity index (χ3v) is 2.79. The third kappa shape index (κ3) is 2.77. The molecule has 0 aliphatic heterocycles. The van der Waals surface area contributed by atoms with Gasteiger partial charge in [-0.05, 0) is 32.1 Å². The number of hydrogen-bond acceptors (Lipinski definition) is 1. The molecule has 13 heavy (non-hydrogen) atoms. The SMILES string of the molecule is CC#CCCC1CCCC1C(=O)O. The van der Waals surface area contributed by atoms with E-state index in [2.05, 4.69) is 11.8 Å². The number of hydrogen-bond donors (Lipinski definition) is 1. The second-order valence-electron chi connectivity index (χ2n) is 3.60. The van der Waals surface area contributed by atoms with Crippen LogP contribution in [0.25, 0.3) is 0 Å². The summed E-state index contributed by atoms with van der Waals surface area (Å²) in [5.41, 5.74) is 0. The first-order valence-corrected chi connectivity index (χ1v) is 4.88. The molecule has 2 nitrogen and oxygen atoms in total. The first-order valence-electron chi connectivity index (χ1n) is 4.88. The van der Waals surface area contributed by atoms with Crippen LogP contribution in [0.4, 0.5) is 0 Å². The molecule has 2 unspecified atom stereocenters. The van der Waals surface area contributed by atoms with E-state index < -0.39 is 5.97 Å². The van der Waals surface area contributed by atoms with Crippen molar-refractivity contribution in [1.82, 2.24) is 0 Å². The lowest BCUT2D eigenvalue weighted by Crippen LogP contribution is -2.17. The monoisotopic (exact) mass is 180 g/mol. The number of aliphatic carboxylic acids is 1. The summed E-state index contributed by atoms with van der Waals surface area (Å²) in [6.45, 7) is 1.82. The normalized spacial score (nSPS) is 26.5. The fourth-order valence-electron chi connectivity index (χ4n) is 2.09. The number of carboxylic acid groups (broad SMARTS) is 1. The Kier molecular flexibility index (Phi) is 3.82. The van der Waals surface area contributed by atoms with Crippen molar-refractivity contribution in [3.63, 3.8) is 0 Å². The Bertz CT molecular complexity index is 234. The first-order chi connectivity index (χ1) is 6.25. The zero-order chi connectivity index (χ0) is 9.68. The van der Waals surface area contributed by atoms with E-state index in [4.69, 9.17) is 5.11 Å². The van der Waals surface area contributed by atoms with Gasteiger partial charge in [-0.1, -0.05) is 6.42 Å². The van der Waals surface area contributed by atoms with Gasteiger partial charge < -0.3 is 5.11 Å². The maximum absolute atomic E-state index is 10.8. The van der Waals surface area contributed by atoms with Gasteiger partial charge in [-0.25, -0.2) is 0 Å². The van der Waals surface area contributed by atoms with Gasteiger partial charge >= 0.3 is 5.97 Å². The molecule has 0 amide bonds. The van der Waals surface area contributed by atoms with Gasteiger partial charge in [-0.15, -0.1) is 11.8 Å². The van der Waals surface area contributed by atoms with E-state index in [-0.39, 0.29) is 5.92 Å². The summed E-state index contributed by atoms with van der Waals surface area (Å²) in [4.78, 5) is 10.8. The standard InChI is InChI=1S/C11H16O2/c1-2-3-4-6-9-7-5-8-10(9)11(12)13/h9-10H,4-8H2,1H3,(H,12,13). The fourth-order valence-corrected chi connectivity index (χ4v) is 2.09. The second-order valence-corrected chi connectivity index (χ2v) is 3.60. The fraction of sp³-hybridized carbons (Fsp3) is 0.727. The van der Waals surface area contributed by atoms with E-state index >= 15 is 0 Å². The number of carboxylic acids is 1. The molecule has 1 aliphatic carbocycles. The Balaban J connectivity index is 2.38. The molecule has 1 saturated carbocycles. The topological polar surface area (TPSA) is 37.3 Å². The molecular weight excluding hydrogens is 164 g/mol. The zero-order valence-electron chi connectivity index (χ0n) is 8.05. The maximum Gasteiger partial charge on any atom is 0.306 e. The lowest BCUT2D eigenvalue weighted by molar-refractivity contribution is -0.143. The lowest BCUT2D eigenvalue weighted by Gasteiger charge is -2.13. The largest absolute Gasteiger partial charge is 0.481 e. The van der Waals surface area contributed by atoms with Gasteiger partial charge in [-0.3, -0.25) is 4.79 Å². The van der Waals surface area contributed by atoms with Crippen molar-refractivity contribution in [2.24, 2.45) is 11.8 Å². The van der Waals surface area contributed by atoms with Crippen LogP contribution in [0.1, 0.15) is 39.0 Å². The van der Waals surface area contributed by atoms with Gasteiger partial charge in [0.05, 0.1) is 5.92 Å². The van der Waals surface area contributed by atoms with Crippen molar-refractivity contribution in [1.29, 1.82) is 0 Å². The minimum Gasteiger partial charge on any atom is -0.481 e. The maximum atomic E-state index is 10.8. The van der Waals surface area contributed by atoms with Crippen LogP contribution in [0, 0.1) is 23.7 Å². The van der Waals surface area contributed by atoms with E-state index in [1.165, 1.54) is 0 Å². The highest BCUT2D eigenvalue weighted by atomic mass is 16.4. The Hall–Kier alpha value is -0.970. The molecule has 72 valence electrons. The summed E-state index contributed by atoms with van der Waals surface area (Å²) in [7, 11) is 0. The quantitative estimate of drug-likeness (QED) is 0.676. The molecule has 0 aromatic rings. The number of carbonyl (C=O) groups is 1. The molecule has 0 aromatic carbocycles. The molecule has 2 heteroatoms. The highest BCUT2D eigenvalue weighted by Gasteiger charge is 2.31. The van der Waals surface area contributed by atoms with Gasteiger partial charge in [0.1, 0.15) is 0 Å². The summed E-state index contributed by atoms with van der Waals surface area (Å²) in [6.07, 6.45) is 4.81. The average Bonchev–Trinajstić information content (AvgIpc) is 2.53. The molecule has 1 N–H and O–H groups in total. The van der Waals surface area contributed by atoms with Crippen molar-refractivity contribution in [2.75, 3.05) is 0 Å². The van der Waals surface area contributed by atoms with Gasteiger partial charge in [0, 0.05) is 6.42 Å². The Labute approximate surface area is 79.3 Å². The van der Waals surface area contributed by atoms with Gasteiger partial charge in [-0.2, -0.15) is 0 Å². The summed E-state index contributed by atoms with van der Waals surface area (Å²) in [5, 5.41) is 8.90. The molecule has 0 saturated heterocycles. The molecule has 1 rings (SSSR count). The van der Waals surface area contributed by atoms with E-state index in [0.717, 1.165) is 32.1 Å². The highest BCUT2D eigenvalue weighted by Crippen LogP contribution is 2.34. The number of rotatable bonds is 3. The van der Waals surface area contributed by atoms with Crippen molar-refractivity contribution < 1.29 is 9.90 Å². The summed E-state index contributed by atoms with van der Waals surface area (Å²) < 4.78 is 0. The summed E-state index contributed by atoms with van der Waals surface area (Å²) in [6, 6.07) is 0. The van der Waals surface area contributed by atoms with E-state index in [0.29, 0.717) is 5.92 Å². The minimum absolute atomic E-state index is 0.0985. The van der Waals surface area contributed by atoms with Crippen molar-refractivity contribution in [3.05, 3.63) is 0 Å². The van der Waals surface area contributed by atoms with Crippen LogP contribution in [-0.4, -0.2) is 11.1 Å². The third-order valence-electron chi connectivity index (χ3n) is 2.79. The van der Waals surface area contributed by atoms with Gasteiger partial charge in [0.2, 0.25) is 0 Å². The molecular formula is C11H16O2.